The Hall–Kier alpha value is -4.80. The van der Waals surface area contributed by atoms with Crippen molar-refractivity contribution in [3.63, 3.8) is 0 Å². The lowest BCUT2D eigenvalue weighted by molar-refractivity contribution is -0.142. The molecule has 1 amide bonds. The van der Waals surface area contributed by atoms with E-state index in [0.717, 1.165) is 23.2 Å². The maximum atomic E-state index is 13.9. The number of pyridine rings is 2. The minimum Gasteiger partial charge on any atom is -0.461 e. The van der Waals surface area contributed by atoms with E-state index < -0.39 is 5.97 Å². The average Bonchev–Trinajstić information content (AvgIpc) is 3.03. The fourth-order valence-corrected chi connectivity index (χ4v) is 5.49. The van der Waals surface area contributed by atoms with Crippen molar-refractivity contribution in [1.82, 2.24) is 15.3 Å². The highest BCUT2D eigenvalue weighted by atomic mass is 16.5. The number of ether oxygens (including phenoxy) is 2. The smallest absolute Gasteiger partial charge is 0.302 e. The number of nitrogens with zero attached hydrogens (tertiary/aromatic N) is 2. The number of esters is 1. The number of hydrogen-bond donors (Lipinski definition) is 3. The first-order valence-electron chi connectivity index (χ1n) is 15.4. The number of benzene rings is 2. The van der Waals surface area contributed by atoms with Gasteiger partial charge in [0.2, 0.25) is 0 Å². The highest BCUT2D eigenvalue weighted by molar-refractivity contribution is 6.09. The number of nitrogens with one attached hydrogen (secondary N) is 3. The number of aromatic amines is 1. The molecule has 0 fully saturated rings. The number of amides is 1. The van der Waals surface area contributed by atoms with Gasteiger partial charge in [-0.1, -0.05) is 51.1 Å². The molecule has 10 heteroatoms. The molecule has 1 aliphatic rings. The van der Waals surface area contributed by atoms with Crippen LogP contribution in [0.15, 0.2) is 71.8 Å². The molecule has 10 nitrogen and oxygen atoms in total. The van der Waals surface area contributed by atoms with Crippen molar-refractivity contribution < 1.29 is 19.1 Å². The van der Waals surface area contributed by atoms with Crippen LogP contribution in [0.4, 0.5) is 17.2 Å². The molecule has 1 aliphatic heterocycles. The van der Waals surface area contributed by atoms with Crippen LogP contribution in [0.5, 0.6) is 0 Å². The minimum atomic E-state index is -0.432. The largest absolute Gasteiger partial charge is 0.461 e. The van der Waals surface area contributed by atoms with Gasteiger partial charge in [0.25, 0.3) is 11.5 Å². The number of hydrogen-bond acceptors (Lipinski definition) is 8. The zero-order chi connectivity index (χ0) is 32.8. The Morgan fingerprint density at radius 2 is 1.89 bits per heavy atom. The summed E-state index contributed by atoms with van der Waals surface area (Å²) in [5, 5.41) is 6.40. The van der Waals surface area contributed by atoms with Gasteiger partial charge in [-0.2, -0.15) is 0 Å². The van der Waals surface area contributed by atoms with Gasteiger partial charge in [-0.3, -0.25) is 14.4 Å². The number of carbonyl (C=O) groups is 2. The van der Waals surface area contributed by atoms with Gasteiger partial charge in [-0.25, -0.2) is 4.98 Å². The fraction of sp³-hybridized carbons (Fsp3) is 0.333. The van der Waals surface area contributed by atoms with E-state index in [0.29, 0.717) is 60.0 Å². The van der Waals surface area contributed by atoms with Crippen LogP contribution in [0.2, 0.25) is 0 Å². The van der Waals surface area contributed by atoms with Crippen LogP contribution in [0.25, 0.3) is 11.1 Å². The van der Waals surface area contributed by atoms with E-state index >= 15 is 0 Å². The molecule has 2 aromatic carbocycles. The third-order valence-corrected chi connectivity index (χ3v) is 8.03. The Morgan fingerprint density at radius 3 is 2.61 bits per heavy atom. The van der Waals surface area contributed by atoms with Crippen molar-refractivity contribution >= 4 is 29.1 Å². The highest BCUT2D eigenvalue weighted by Gasteiger charge is 2.29. The number of anilines is 3. The lowest BCUT2D eigenvalue weighted by Crippen LogP contribution is -2.38. The second kappa shape index (κ2) is 14.1. The molecule has 0 aliphatic carbocycles. The first kappa shape index (κ1) is 32.6. The lowest BCUT2D eigenvalue weighted by Gasteiger charge is -2.32. The molecule has 0 saturated carbocycles. The molecule has 0 unspecified atom stereocenters. The molecular formula is C36H41N5O5. The van der Waals surface area contributed by atoms with Crippen LogP contribution >= 0.6 is 0 Å². The molecule has 0 atom stereocenters. The summed E-state index contributed by atoms with van der Waals surface area (Å²) >= 11 is 0. The van der Waals surface area contributed by atoms with Crippen molar-refractivity contribution in [2.75, 3.05) is 37.0 Å². The number of H-pyrrole nitrogens is 1. The van der Waals surface area contributed by atoms with Gasteiger partial charge in [0.05, 0.1) is 12.3 Å². The van der Waals surface area contributed by atoms with Crippen LogP contribution in [-0.4, -0.2) is 48.7 Å². The van der Waals surface area contributed by atoms with Gasteiger partial charge < -0.3 is 30.0 Å². The summed E-state index contributed by atoms with van der Waals surface area (Å²) in [4.78, 5) is 47.7. The molecule has 240 valence electrons. The zero-order valence-corrected chi connectivity index (χ0v) is 27.0. The Kier molecular flexibility index (Phi) is 9.99. The molecule has 2 aromatic heterocycles. The molecule has 46 heavy (non-hydrogen) atoms. The first-order chi connectivity index (χ1) is 22.0. The Morgan fingerprint density at radius 1 is 1.07 bits per heavy atom. The summed E-state index contributed by atoms with van der Waals surface area (Å²) in [6.07, 6.45) is 4.07. The summed E-state index contributed by atoms with van der Waals surface area (Å²) in [6.45, 7) is 10.3. The van der Waals surface area contributed by atoms with E-state index in [2.05, 4.69) is 47.4 Å². The van der Waals surface area contributed by atoms with Crippen molar-refractivity contribution in [3.8, 4) is 11.1 Å². The van der Waals surface area contributed by atoms with Gasteiger partial charge in [0.15, 0.2) is 0 Å². The number of fused-ring (bicyclic) bond motifs is 1. The molecule has 0 bridgehead atoms. The number of rotatable bonds is 11. The van der Waals surface area contributed by atoms with E-state index in [1.807, 2.05) is 42.5 Å². The highest BCUT2D eigenvalue weighted by Crippen LogP contribution is 2.36. The second-order valence-corrected chi connectivity index (χ2v) is 12.4. The van der Waals surface area contributed by atoms with E-state index in [1.165, 1.54) is 12.5 Å². The molecule has 5 rings (SSSR count). The Balaban J connectivity index is 1.45. The SMILES string of the molecule is COCCNCc1ccc(Nc2cc(-c3cccc(N4CCc5cc(C(C)(C)C)ccc5C4=O)c3COC(C)=O)c[nH]c2=O)nc1. The van der Waals surface area contributed by atoms with Crippen LogP contribution < -0.4 is 21.1 Å². The van der Waals surface area contributed by atoms with Crippen LogP contribution in [0.1, 0.15) is 60.3 Å². The summed E-state index contributed by atoms with van der Waals surface area (Å²) in [6, 6.07) is 17.2. The lowest BCUT2D eigenvalue weighted by atomic mass is 9.84. The Labute approximate surface area is 269 Å². The Bertz CT molecular complexity index is 1780. The third-order valence-electron chi connectivity index (χ3n) is 8.03. The van der Waals surface area contributed by atoms with Crippen molar-refractivity contribution in [1.29, 1.82) is 0 Å². The zero-order valence-electron chi connectivity index (χ0n) is 27.0. The molecular weight excluding hydrogens is 582 g/mol. The minimum absolute atomic E-state index is 0.0216. The molecule has 0 saturated heterocycles. The molecule has 0 spiro atoms. The van der Waals surface area contributed by atoms with E-state index in [9.17, 15) is 14.4 Å². The van der Waals surface area contributed by atoms with Gasteiger partial charge in [0.1, 0.15) is 18.1 Å². The number of methoxy groups -OCH3 is 1. The third kappa shape index (κ3) is 7.52. The summed E-state index contributed by atoms with van der Waals surface area (Å²) in [5.74, 6) is -0.0161. The van der Waals surface area contributed by atoms with Gasteiger partial charge >= 0.3 is 5.97 Å². The van der Waals surface area contributed by atoms with Gasteiger partial charge in [-0.05, 0) is 58.4 Å². The molecule has 3 heterocycles. The van der Waals surface area contributed by atoms with Crippen molar-refractivity contribution in [2.24, 2.45) is 0 Å². The van der Waals surface area contributed by atoms with E-state index in [-0.39, 0.29) is 23.5 Å². The van der Waals surface area contributed by atoms with Crippen LogP contribution in [-0.2, 0) is 39.3 Å². The van der Waals surface area contributed by atoms with Crippen LogP contribution in [0.3, 0.4) is 0 Å². The van der Waals surface area contributed by atoms with Gasteiger partial charge in [-0.15, -0.1) is 0 Å². The summed E-state index contributed by atoms with van der Waals surface area (Å²) in [7, 11) is 1.66. The molecule has 4 aromatic rings. The average molecular weight is 624 g/mol. The van der Waals surface area contributed by atoms with E-state index in [4.69, 9.17) is 9.47 Å². The number of aromatic nitrogens is 2. The van der Waals surface area contributed by atoms with E-state index in [1.54, 1.807) is 30.5 Å². The topological polar surface area (TPSA) is 126 Å². The quantitative estimate of drug-likeness (QED) is 0.148. The fourth-order valence-electron chi connectivity index (χ4n) is 5.49. The second-order valence-electron chi connectivity index (χ2n) is 12.4. The molecule has 0 radical (unpaired) electrons. The monoisotopic (exact) mass is 623 g/mol. The summed E-state index contributed by atoms with van der Waals surface area (Å²) < 4.78 is 10.6. The summed E-state index contributed by atoms with van der Waals surface area (Å²) in [5.41, 5.74) is 6.60. The predicted molar refractivity (Wildman–Crippen MR) is 180 cm³/mol. The maximum absolute atomic E-state index is 13.9. The van der Waals surface area contributed by atoms with Crippen LogP contribution in [0, 0.1) is 0 Å². The first-order valence-corrected chi connectivity index (χ1v) is 15.4. The van der Waals surface area contributed by atoms with Crippen molar-refractivity contribution in [2.45, 2.75) is 52.7 Å². The molecule has 3 N–H and O–H groups in total. The van der Waals surface area contributed by atoms with Gasteiger partial charge in [0, 0.05) is 62.8 Å². The standard InChI is InChI=1S/C36H41N5O5/c1-23(42)46-22-30-28(7-6-8-32(30)41-15-13-25-17-27(36(2,3)4)10-11-29(25)35(41)44)26-18-31(34(43)39-21-26)40-33-12-9-24(20-38-33)19-37-14-16-45-5/h6-12,17-18,20-21,37H,13-16,19,22H2,1-5H3,(H,38,40)(H,39,43). The normalized spacial score (nSPS) is 13.0. The predicted octanol–water partition coefficient (Wildman–Crippen LogP) is 5.48. The number of carbonyl (C=O) groups excluding carboxylic acids is 2. The maximum Gasteiger partial charge on any atom is 0.302 e. The van der Waals surface area contributed by atoms with Crippen molar-refractivity contribution in [3.05, 3.63) is 105 Å².